The summed E-state index contributed by atoms with van der Waals surface area (Å²) in [6.07, 6.45) is 11.2. The molecule has 0 N–H and O–H groups in total. The summed E-state index contributed by atoms with van der Waals surface area (Å²) in [5.41, 5.74) is 0. The van der Waals surface area contributed by atoms with Crippen molar-refractivity contribution < 1.29 is 0 Å². The van der Waals surface area contributed by atoms with E-state index in [1.165, 1.54) is 38.5 Å². The Labute approximate surface area is 80.7 Å². The number of hydrogen-bond acceptors (Lipinski definition) is 0. The van der Waals surface area contributed by atoms with Crippen LogP contribution in [0.4, 0.5) is 0 Å². The first-order chi connectivity index (χ1) is 5.43. The second-order valence-corrected chi connectivity index (χ2v) is 7.52. The maximum absolute atomic E-state index is 2.55. The fraction of sp³-hybridized carbons (Fsp3) is 0.800. The summed E-state index contributed by atoms with van der Waals surface area (Å²) in [6, 6.07) is 0. The molecule has 0 aromatic carbocycles. The van der Waals surface area contributed by atoms with Crippen molar-refractivity contribution >= 4 is 21.1 Å². The molecular weight excluding hydrogens is 239 g/mol. The zero-order chi connectivity index (χ0) is 7.94. The minimum absolute atomic E-state index is 0.0458. The van der Waals surface area contributed by atoms with Crippen LogP contribution in [0.3, 0.4) is 0 Å². The zero-order valence-corrected chi connectivity index (χ0v) is 10.4. The molecule has 1 rings (SSSR count). The molecule has 0 bridgehead atoms. The van der Waals surface area contributed by atoms with Gasteiger partial charge >= 0.3 is 80.7 Å². The Morgan fingerprint density at radius 3 is 3.00 bits per heavy atom. The first kappa shape index (κ1) is 9.63. The van der Waals surface area contributed by atoms with E-state index in [9.17, 15) is 0 Å². The summed E-state index contributed by atoms with van der Waals surface area (Å²) >= 11 is -0.0458. The monoisotopic (exact) mass is 258 g/mol. The van der Waals surface area contributed by atoms with Gasteiger partial charge in [0.15, 0.2) is 0 Å². The van der Waals surface area contributed by atoms with Gasteiger partial charge in [0, 0.05) is 0 Å². The van der Waals surface area contributed by atoms with Crippen LogP contribution in [0.2, 0.25) is 4.44 Å². The van der Waals surface area contributed by atoms with Crippen LogP contribution in [0, 0.1) is 0 Å². The molecule has 1 aliphatic rings. The first-order valence-electron chi connectivity index (χ1n) is 4.86. The van der Waals surface area contributed by atoms with Gasteiger partial charge in [-0.15, -0.1) is 0 Å². The van der Waals surface area contributed by atoms with E-state index in [0.717, 1.165) is 0 Å². The topological polar surface area (TPSA) is 0 Å². The molecule has 0 saturated heterocycles. The van der Waals surface area contributed by atoms with E-state index >= 15 is 0 Å². The molecule has 0 saturated carbocycles. The Kier molecular flexibility index (Phi) is 5.34. The average molecular weight is 257 g/mol. The van der Waals surface area contributed by atoms with E-state index in [0.29, 0.717) is 0 Å². The van der Waals surface area contributed by atoms with Gasteiger partial charge < -0.3 is 0 Å². The number of allylic oxidation sites excluding steroid dienone is 2. The van der Waals surface area contributed by atoms with Crippen molar-refractivity contribution in [2.75, 3.05) is 0 Å². The molecule has 0 unspecified atom stereocenters. The molecule has 1 aliphatic carbocycles. The third-order valence-corrected chi connectivity index (χ3v) is 6.49. The predicted octanol–water partition coefficient (Wildman–Crippen LogP) is 3.37. The van der Waals surface area contributed by atoms with Gasteiger partial charge in [0.05, 0.1) is 0 Å². The molecule has 0 amide bonds. The van der Waals surface area contributed by atoms with Crippen molar-refractivity contribution in [2.24, 2.45) is 0 Å². The predicted molar refractivity (Wildman–Crippen MR) is 52.0 cm³/mol. The van der Waals surface area contributed by atoms with Crippen molar-refractivity contribution in [3.8, 4) is 0 Å². The summed E-state index contributed by atoms with van der Waals surface area (Å²) < 4.78 is 3.50. The zero-order valence-electron chi connectivity index (χ0n) is 7.53. The van der Waals surface area contributed by atoms with Crippen LogP contribution in [0.1, 0.15) is 45.4 Å². The van der Waals surface area contributed by atoms with Crippen LogP contribution in [0.25, 0.3) is 0 Å². The number of unbranched alkanes of at least 4 members (excludes halogenated alkanes) is 1. The summed E-state index contributed by atoms with van der Waals surface area (Å²) in [4.78, 5) is 0. The van der Waals surface area contributed by atoms with Crippen molar-refractivity contribution in [1.29, 1.82) is 0 Å². The van der Waals surface area contributed by atoms with Crippen LogP contribution >= 0.6 is 0 Å². The standard InChI is InChI=1S/C6H9.C4H9.Sn/c1-2-4-6-5-3-1;1-3-4-2;/h1H,2,4-6H2;1,3-4H2,2H3;. The Morgan fingerprint density at radius 1 is 1.45 bits per heavy atom. The fourth-order valence-electron chi connectivity index (χ4n) is 1.42. The second-order valence-electron chi connectivity index (χ2n) is 3.26. The maximum atomic E-state index is 2.55. The van der Waals surface area contributed by atoms with Gasteiger partial charge in [-0.1, -0.05) is 0 Å². The second kappa shape index (κ2) is 6.10. The third-order valence-electron chi connectivity index (χ3n) is 2.17. The van der Waals surface area contributed by atoms with Gasteiger partial charge in [-0.2, -0.15) is 0 Å². The first-order valence-corrected chi connectivity index (χ1v) is 8.31. The summed E-state index contributed by atoms with van der Waals surface area (Å²) in [7, 11) is 0. The van der Waals surface area contributed by atoms with E-state index in [1.807, 2.05) is 3.59 Å². The Hall–Kier alpha value is 0.539. The van der Waals surface area contributed by atoms with Gasteiger partial charge in [0.2, 0.25) is 0 Å². The molecule has 0 fully saturated rings. The number of hydrogen-bond donors (Lipinski definition) is 0. The van der Waals surface area contributed by atoms with Gasteiger partial charge in [-0.3, -0.25) is 0 Å². The molecular formula is C10H18Sn. The van der Waals surface area contributed by atoms with E-state index in [2.05, 4.69) is 13.0 Å². The normalized spacial score (nSPS) is 18.1. The molecule has 0 nitrogen and oxygen atoms in total. The van der Waals surface area contributed by atoms with Crippen molar-refractivity contribution in [3.63, 3.8) is 0 Å². The Bertz CT molecular complexity index is 127. The quantitative estimate of drug-likeness (QED) is 0.535. The molecule has 0 heterocycles. The third kappa shape index (κ3) is 4.19. The molecule has 0 aromatic heterocycles. The van der Waals surface area contributed by atoms with Crippen LogP contribution in [0.15, 0.2) is 9.67 Å². The van der Waals surface area contributed by atoms with Crippen LogP contribution in [0.5, 0.6) is 0 Å². The van der Waals surface area contributed by atoms with Gasteiger partial charge in [-0.05, 0) is 0 Å². The Balaban J connectivity index is 2.09. The van der Waals surface area contributed by atoms with Crippen molar-refractivity contribution in [2.45, 2.75) is 49.9 Å². The molecule has 0 aliphatic heterocycles. The van der Waals surface area contributed by atoms with Gasteiger partial charge in [0.1, 0.15) is 0 Å². The summed E-state index contributed by atoms with van der Waals surface area (Å²) in [5, 5.41) is 0. The minimum atomic E-state index is -0.0458. The van der Waals surface area contributed by atoms with Gasteiger partial charge in [-0.25, -0.2) is 0 Å². The molecule has 1 heteroatoms. The molecule has 62 valence electrons. The SMILES string of the molecule is CCC[CH2][Sn][C]1=CCCCC1. The van der Waals surface area contributed by atoms with Gasteiger partial charge in [0.25, 0.3) is 0 Å². The van der Waals surface area contributed by atoms with Crippen molar-refractivity contribution in [1.82, 2.24) is 0 Å². The Morgan fingerprint density at radius 2 is 2.36 bits per heavy atom. The van der Waals surface area contributed by atoms with Crippen LogP contribution < -0.4 is 0 Å². The molecule has 2 radical (unpaired) electrons. The molecule has 0 aromatic rings. The average Bonchev–Trinajstić information content (AvgIpc) is 2.07. The van der Waals surface area contributed by atoms with Crippen LogP contribution in [-0.2, 0) is 0 Å². The number of rotatable bonds is 4. The summed E-state index contributed by atoms with van der Waals surface area (Å²) in [5.74, 6) is 0. The molecule has 0 atom stereocenters. The molecule has 0 spiro atoms. The summed E-state index contributed by atoms with van der Waals surface area (Å²) in [6.45, 7) is 2.30. The van der Waals surface area contributed by atoms with Crippen LogP contribution in [-0.4, -0.2) is 21.1 Å². The van der Waals surface area contributed by atoms with E-state index in [4.69, 9.17) is 0 Å². The molecule has 11 heavy (non-hydrogen) atoms. The van der Waals surface area contributed by atoms with Crippen molar-refractivity contribution in [3.05, 3.63) is 9.67 Å². The fourth-order valence-corrected chi connectivity index (χ4v) is 5.69. The van der Waals surface area contributed by atoms with E-state index < -0.39 is 0 Å². The van der Waals surface area contributed by atoms with E-state index in [-0.39, 0.29) is 21.1 Å². The van der Waals surface area contributed by atoms with E-state index in [1.54, 1.807) is 4.44 Å².